The van der Waals surface area contributed by atoms with Crippen molar-refractivity contribution < 1.29 is 9.90 Å². The summed E-state index contributed by atoms with van der Waals surface area (Å²) >= 11 is 0. The Balaban J connectivity index is 0. The summed E-state index contributed by atoms with van der Waals surface area (Å²) in [5.41, 5.74) is 1.41. The van der Waals surface area contributed by atoms with Gasteiger partial charge >= 0.3 is 0 Å². The number of aliphatic carboxylic acids is 1. The molecule has 0 amide bonds. The predicted molar refractivity (Wildman–Crippen MR) is 69.7 cm³/mol. The van der Waals surface area contributed by atoms with Gasteiger partial charge in [0.1, 0.15) is 0 Å². The van der Waals surface area contributed by atoms with E-state index in [0.29, 0.717) is 0 Å². The van der Waals surface area contributed by atoms with Gasteiger partial charge in [0.25, 0.3) is 5.97 Å². The third-order valence-electron chi connectivity index (χ3n) is 1.75. The van der Waals surface area contributed by atoms with Gasteiger partial charge in [-0.3, -0.25) is 4.79 Å². The van der Waals surface area contributed by atoms with E-state index in [1.54, 1.807) is 0 Å². The molecule has 0 aromatic heterocycles. The number of benzene rings is 1. The molecule has 0 heterocycles. The Kier molecular flexibility index (Phi) is 14.6. The van der Waals surface area contributed by atoms with E-state index in [0.717, 1.165) is 13.3 Å². The zero-order valence-corrected chi connectivity index (χ0v) is 10.9. The largest absolute Gasteiger partial charge is 0.481 e. The number of carbonyl (C=O) groups is 1. The van der Waals surface area contributed by atoms with Crippen molar-refractivity contribution >= 4 is 5.97 Å². The quantitative estimate of drug-likeness (QED) is 0.819. The molecule has 0 bridgehead atoms. The average Bonchev–Trinajstić information content (AvgIpc) is 2.30. The maximum absolute atomic E-state index is 9.00. The van der Waals surface area contributed by atoms with Crippen LogP contribution in [0.15, 0.2) is 30.3 Å². The molecule has 0 spiro atoms. The number of aryl methyl sites for hydroxylation is 1. The maximum atomic E-state index is 9.00. The van der Waals surface area contributed by atoms with E-state index < -0.39 is 5.97 Å². The van der Waals surface area contributed by atoms with Crippen LogP contribution >= 0.6 is 0 Å². The Morgan fingerprint density at radius 2 is 1.44 bits per heavy atom. The average molecular weight is 224 g/mol. The first-order valence-corrected chi connectivity index (χ1v) is 5.81. The van der Waals surface area contributed by atoms with Crippen LogP contribution in [-0.4, -0.2) is 11.1 Å². The second-order valence-electron chi connectivity index (χ2n) is 3.36. The van der Waals surface area contributed by atoms with Crippen LogP contribution in [0, 0.1) is 0 Å². The molecule has 1 N–H and O–H groups in total. The van der Waals surface area contributed by atoms with Crippen LogP contribution in [0.5, 0.6) is 0 Å². The molecule has 0 aliphatic carbocycles. The highest BCUT2D eigenvalue weighted by Gasteiger charge is 1.79. The molecule has 92 valence electrons. The lowest BCUT2D eigenvalue weighted by molar-refractivity contribution is -0.134. The van der Waals surface area contributed by atoms with Gasteiger partial charge in [0.05, 0.1) is 0 Å². The van der Waals surface area contributed by atoms with Gasteiger partial charge in [-0.15, -0.1) is 0 Å². The van der Waals surface area contributed by atoms with Crippen molar-refractivity contribution in [3.8, 4) is 0 Å². The molecule has 1 rings (SSSR count). The lowest BCUT2D eigenvalue weighted by Gasteiger charge is -1.89. The molecule has 0 aliphatic rings. The summed E-state index contributed by atoms with van der Waals surface area (Å²) in [6, 6.07) is 10.5. The van der Waals surface area contributed by atoms with Crippen LogP contribution in [0.3, 0.4) is 0 Å². The molecule has 1 aromatic carbocycles. The van der Waals surface area contributed by atoms with Crippen LogP contribution in [0.1, 0.15) is 46.1 Å². The lowest BCUT2D eigenvalue weighted by atomic mass is 10.2. The number of carboxylic acid groups (broad SMARTS) is 1. The summed E-state index contributed by atoms with van der Waals surface area (Å²) in [6.07, 6.45) is 3.78. The molecule has 0 fully saturated rings. The third kappa shape index (κ3) is 18.5. The Hall–Kier alpha value is -1.31. The second kappa shape index (κ2) is 13.7. The normalized spacial score (nSPS) is 8.00. The first-order chi connectivity index (χ1) is 7.58. The van der Waals surface area contributed by atoms with E-state index in [2.05, 4.69) is 45.0 Å². The van der Waals surface area contributed by atoms with Crippen molar-refractivity contribution in [3.05, 3.63) is 35.9 Å². The highest BCUT2D eigenvalue weighted by molar-refractivity contribution is 5.62. The van der Waals surface area contributed by atoms with Crippen LogP contribution in [-0.2, 0) is 11.2 Å². The smallest absolute Gasteiger partial charge is 0.300 e. The predicted octanol–water partition coefficient (Wildman–Crippen LogP) is 4.15. The molecule has 0 saturated carbocycles. The van der Waals surface area contributed by atoms with E-state index >= 15 is 0 Å². The Bertz CT molecular complexity index is 236. The van der Waals surface area contributed by atoms with Gasteiger partial charge in [0, 0.05) is 6.92 Å². The topological polar surface area (TPSA) is 37.3 Å². The Morgan fingerprint density at radius 3 is 1.62 bits per heavy atom. The van der Waals surface area contributed by atoms with Crippen LogP contribution < -0.4 is 0 Å². The molecule has 0 aliphatic heterocycles. The number of hydrogen-bond donors (Lipinski definition) is 1. The van der Waals surface area contributed by atoms with E-state index in [-0.39, 0.29) is 0 Å². The molecule has 2 heteroatoms. The van der Waals surface area contributed by atoms with Gasteiger partial charge in [0.2, 0.25) is 0 Å². The molecule has 0 atom stereocenters. The number of rotatable bonds is 2. The fourth-order valence-electron chi connectivity index (χ4n) is 0.714. The van der Waals surface area contributed by atoms with Gasteiger partial charge in [-0.05, 0) is 12.0 Å². The number of unbranched alkanes of at least 4 members (excludes halogenated alkanes) is 1. The molecule has 0 unspecified atom stereocenters. The molecule has 0 radical (unpaired) electrons. The van der Waals surface area contributed by atoms with Crippen molar-refractivity contribution in [2.45, 2.75) is 47.0 Å². The van der Waals surface area contributed by atoms with Crippen molar-refractivity contribution in [3.63, 3.8) is 0 Å². The summed E-state index contributed by atoms with van der Waals surface area (Å²) < 4.78 is 0. The van der Waals surface area contributed by atoms with Crippen molar-refractivity contribution in [2.75, 3.05) is 0 Å². The summed E-state index contributed by atoms with van der Waals surface area (Å²) in [4.78, 5) is 9.00. The van der Waals surface area contributed by atoms with E-state index in [4.69, 9.17) is 9.90 Å². The van der Waals surface area contributed by atoms with E-state index in [1.165, 1.54) is 18.4 Å². The highest BCUT2D eigenvalue weighted by atomic mass is 16.4. The van der Waals surface area contributed by atoms with Crippen molar-refractivity contribution in [1.29, 1.82) is 0 Å². The summed E-state index contributed by atoms with van der Waals surface area (Å²) in [5, 5.41) is 7.42. The van der Waals surface area contributed by atoms with Crippen LogP contribution in [0.4, 0.5) is 0 Å². The highest BCUT2D eigenvalue weighted by Crippen LogP contribution is 1.96. The van der Waals surface area contributed by atoms with Gasteiger partial charge in [-0.25, -0.2) is 0 Å². The van der Waals surface area contributed by atoms with Crippen LogP contribution in [0.25, 0.3) is 0 Å². The maximum Gasteiger partial charge on any atom is 0.300 e. The molecular weight excluding hydrogens is 200 g/mol. The summed E-state index contributed by atoms with van der Waals surface area (Å²) in [6.45, 7) is 7.61. The minimum Gasteiger partial charge on any atom is -0.481 e. The monoisotopic (exact) mass is 224 g/mol. The molecule has 16 heavy (non-hydrogen) atoms. The molecule has 2 nitrogen and oxygen atoms in total. The zero-order valence-electron chi connectivity index (χ0n) is 10.9. The number of carboxylic acids is 1. The molecular formula is C14H24O2. The Labute approximate surface area is 99.3 Å². The standard InChI is InChI=1S/C8H10.C4H10.C2H4O2/c1-2-8-6-4-3-5-7-8;1-3-4-2;1-2(3)4/h3-7H,2H2,1H3;3-4H2,1-2H3;1H3,(H,3,4). The van der Waals surface area contributed by atoms with E-state index in [1.807, 2.05) is 6.07 Å². The molecule has 0 saturated heterocycles. The van der Waals surface area contributed by atoms with Gasteiger partial charge < -0.3 is 5.11 Å². The lowest BCUT2D eigenvalue weighted by Crippen LogP contribution is -1.78. The van der Waals surface area contributed by atoms with Gasteiger partial charge in [-0.1, -0.05) is 63.9 Å². The second-order valence-corrected chi connectivity index (χ2v) is 3.36. The molecule has 1 aromatic rings. The fraction of sp³-hybridized carbons (Fsp3) is 0.500. The summed E-state index contributed by atoms with van der Waals surface area (Å²) in [5.74, 6) is -0.833. The van der Waals surface area contributed by atoms with Crippen molar-refractivity contribution in [2.24, 2.45) is 0 Å². The van der Waals surface area contributed by atoms with E-state index in [9.17, 15) is 0 Å². The van der Waals surface area contributed by atoms with Gasteiger partial charge in [-0.2, -0.15) is 0 Å². The minimum absolute atomic E-state index is 0.833. The van der Waals surface area contributed by atoms with Crippen molar-refractivity contribution in [1.82, 2.24) is 0 Å². The third-order valence-corrected chi connectivity index (χ3v) is 1.75. The first-order valence-electron chi connectivity index (χ1n) is 5.81. The van der Waals surface area contributed by atoms with Gasteiger partial charge in [0.15, 0.2) is 0 Å². The summed E-state index contributed by atoms with van der Waals surface area (Å²) in [7, 11) is 0. The SMILES string of the molecule is CC(=O)O.CCCC.CCc1ccccc1. The zero-order chi connectivity index (χ0) is 12.8. The fourth-order valence-corrected chi connectivity index (χ4v) is 0.714. The minimum atomic E-state index is -0.833. The first kappa shape index (κ1) is 17.1. The Morgan fingerprint density at radius 1 is 1.06 bits per heavy atom. The number of hydrogen-bond acceptors (Lipinski definition) is 1. The van der Waals surface area contributed by atoms with Crippen LogP contribution in [0.2, 0.25) is 0 Å².